The van der Waals surface area contributed by atoms with Crippen LogP contribution in [0.3, 0.4) is 0 Å². The fourth-order valence-electron chi connectivity index (χ4n) is 0.571. The average Bonchev–Trinajstić information content (AvgIpc) is 2.08. The molecule has 76 valence electrons. The van der Waals surface area contributed by atoms with Crippen molar-refractivity contribution in [2.24, 2.45) is 0 Å². The van der Waals surface area contributed by atoms with Crippen LogP contribution in [0, 0.1) is 0 Å². The smallest absolute Gasteiger partial charge is 0.303 e. The summed E-state index contributed by atoms with van der Waals surface area (Å²) in [6.07, 6.45) is 0. The summed E-state index contributed by atoms with van der Waals surface area (Å²) in [5.41, 5.74) is 6.18. The minimum Gasteiger partial charge on any atom is -0.402 e. The summed E-state index contributed by atoms with van der Waals surface area (Å²) in [6.45, 7) is 0. The second-order valence-corrected chi connectivity index (χ2v) is 3.50. The van der Waals surface area contributed by atoms with Crippen molar-refractivity contribution < 1.29 is 8.85 Å². The van der Waals surface area contributed by atoms with Gasteiger partial charge in [-0.05, 0) is 12.1 Å². The number of nitrogens with two attached hydrogens (primary N) is 1. The summed E-state index contributed by atoms with van der Waals surface area (Å²) < 4.78 is 9.22. The van der Waals surface area contributed by atoms with E-state index in [9.17, 15) is 0 Å². The quantitative estimate of drug-likeness (QED) is 0.577. The van der Waals surface area contributed by atoms with Crippen LogP contribution in [0.1, 0.15) is 7.43 Å². The van der Waals surface area contributed by atoms with Gasteiger partial charge < -0.3 is 14.6 Å². The SMILES string of the molecule is C.CO[SiH2]OC.Nc1ccccc1. The first-order chi connectivity index (χ1) is 5.81. The fraction of sp³-hybridized carbons (Fsp3) is 0.333. The monoisotopic (exact) mass is 201 g/mol. The lowest BCUT2D eigenvalue weighted by Gasteiger charge is -1.86. The van der Waals surface area contributed by atoms with Gasteiger partial charge in [0.2, 0.25) is 0 Å². The van der Waals surface area contributed by atoms with Crippen LogP contribution in [-0.4, -0.2) is 24.2 Å². The first kappa shape index (κ1) is 14.7. The van der Waals surface area contributed by atoms with E-state index >= 15 is 0 Å². The zero-order chi connectivity index (χ0) is 9.23. The average molecular weight is 201 g/mol. The minimum absolute atomic E-state index is 0. The Morgan fingerprint density at radius 2 is 1.54 bits per heavy atom. The molecule has 0 amide bonds. The Labute approximate surface area is 82.9 Å². The number of anilines is 1. The Balaban J connectivity index is 0. The van der Waals surface area contributed by atoms with E-state index in [1.165, 1.54) is 0 Å². The van der Waals surface area contributed by atoms with Gasteiger partial charge in [-0.3, -0.25) is 0 Å². The van der Waals surface area contributed by atoms with Crippen molar-refractivity contribution in [3.63, 3.8) is 0 Å². The highest BCUT2D eigenvalue weighted by atomic mass is 28.3. The maximum atomic E-state index is 5.36. The van der Waals surface area contributed by atoms with E-state index in [0.717, 1.165) is 5.69 Å². The van der Waals surface area contributed by atoms with E-state index in [0.29, 0.717) is 0 Å². The van der Waals surface area contributed by atoms with Crippen LogP contribution in [0.25, 0.3) is 0 Å². The molecule has 0 aliphatic rings. The highest BCUT2D eigenvalue weighted by Gasteiger charge is 1.72. The van der Waals surface area contributed by atoms with Crippen molar-refractivity contribution in [2.75, 3.05) is 20.0 Å². The topological polar surface area (TPSA) is 44.5 Å². The summed E-state index contributed by atoms with van der Waals surface area (Å²) in [5.74, 6) is 0. The van der Waals surface area contributed by atoms with Gasteiger partial charge in [-0.1, -0.05) is 25.6 Å². The predicted molar refractivity (Wildman–Crippen MR) is 60.1 cm³/mol. The number of hydrogen-bond donors (Lipinski definition) is 1. The van der Waals surface area contributed by atoms with Crippen molar-refractivity contribution in [2.45, 2.75) is 7.43 Å². The van der Waals surface area contributed by atoms with Gasteiger partial charge in [-0.2, -0.15) is 0 Å². The molecule has 4 heteroatoms. The lowest BCUT2D eigenvalue weighted by Crippen LogP contribution is -1.93. The highest BCUT2D eigenvalue weighted by molar-refractivity contribution is 6.17. The molecule has 0 saturated carbocycles. The summed E-state index contributed by atoms with van der Waals surface area (Å²) in [4.78, 5) is 0. The molecule has 2 N–H and O–H groups in total. The number of para-hydroxylation sites is 1. The molecule has 3 nitrogen and oxygen atoms in total. The normalized spacial score (nSPS) is 7.85. The van der Waals surface area contributed by atoms with Gasteiger partial charge in [0.05, 0.1) is 0 Å². The molecule has 0 bridgehead atoms. The van der Waals surface area contributed by atoms with Crippen molar-refractivity contribution >= 4 is 15.7 Å². The molecule has 0 aliphatic carbocycles. The van der Waals surface area contributed by atoms with Crippen LogP contribution in [-0.2, 0) is 8.85 Å². The van der Waals surface area contributed by atoms with Crippen molar-refractivity contribution in [3.05, 3.63) is 30.3 Å². The van der Waals surface area contributed by atoms with Crippen LogP contribution in [0.2, 0.25) is 0 Å². The number of rotatable bonds is 2. The number of hydrogen-bond acceptors (Lipinski definition) is 3. The van der Waals surface area contributed by atoms with Crippen LogP contribution in [0.15, 0.2) is 30.3 Å². The Morgan fingerprint density at radius 3 is 1.69 bits per heavy atom. The second kappa shape index (κ2) is 11.2. The van der Waals surface area contributed by atoms with E-state index in [-0.39, 0.29) is 7.43 Å². The third kappa shape index (κ3) is 11.2. The van der Waals surface area contributed by atoms with E-state index in [1.807, 2.05) is 30.3 Å². The molecule has 0 spiro atoms. The van der Waals surface area contributed by atoms with Gasteiger partial charge in [-0.25, -0.2) is 0 Å². The predicted octanol–water partition coefficient (Wildman–Crippen LogP) is 1.18. The van der Waals surface area contributed by atoms with Crippen molar-refractivity contribution in [1.82, 2.24) is 0 Å². The summed E-state index contributed by atoms with van der Waals surface area (Å²) >= 11 is 0. The van der Waals surface area contributed by atoms with Crippen molar-refractivity contribution in [1.29, 1.82) is 0 Å². The first-order valence-electron chi connectivity index (χ1n) is 3.59. The largest absolute Gasteiger partial charge is 0.402 e. The lowest BCUT2D eigenvalue weighted by molar-refractivity contribution is 0.309. The molecule has 0 aliphatic heterocycles. The molecule has 0 radical (unpaired) electrons. The Bertz CT molecular complexity index is 180. The van der Waals surface area contributed by atoms with Crippen LogP contribution in [0.5, 0.6) is 0 Å². The van der Waals surface area contributed by atoms with E-state index in [2.05, 4.69) is 8.85 Å². The molecule has 0 saturated heterocycles. The second-order valence-electron chi connectivity index (χ2n) is 2.11. The summed E-state index contributed by atoms with van der Waals surface area (Å²) in [6, 6.07) is 9.49. The van der Waals surface area contributed by atoms with Gasteiger partial charge >= 0.3 is 10.0 Å². The van der Waals surface area contributed by atoms with Crippen molar-refractivity contribution in [3.8, 4) is 0 Å². The number of benzene rings is 1. The molecular weight excluding hydrogens is 182 g/mol. The molecule has 0 unspecified atom stereocenters. The van der Waals surface area contributed by atoms with Gasteiger partial charge in [-0.15, -0.1) is 0 Å². The molecule has 1 rings (SSSR count). The molecule has 0 heterocycles. The van der Waals surface area contributed by atoms with Gasteiger partial charge in [0, 0.05) is 19.9 Å². The molecule has 0 atom stereocenters. The first-order valence-corrected chi connectivity index (χ1v) is 4.75. The minimum atomic E-state index is -0.568. The zero-order valence-electron chi connectivity index (χ0n) is 7.49. The maximum absolute atomic E-state index is 5.36. The molecule has 0 aromatic heterocycles. The third-order valence-corrected chi connectivity index (χ3v) is 1.51. The van der Waals surface area contributed by atoms with Gasteiger partial charge in [0.25, 0.3) is 0 Å². The Kier molecular flexibility index (Phi) is 12.6. The Morgan fingerprint density at radius 1 is 1.08 bits per heavy atom. The third-order valence-electron chi connectivity index (χ3n) is 1.04. The molecular formula is C9H19NO2Si. The summed E-state index contributed by atoms with van der Waals surface area (Å²) in [5, 5.41) is 0. The molecule has 13 heavy (non-hydrogen) atoms. The molecule has 0 fully saturated rings. The highest BCUT2D eigenvalue weighted by Crippen LogP contribution is 1.95. The number of nitrogen functional groups attached to an aromatic ring is 1. The fourth-order valence-corrected chi connectivity index (χ4v) is 0.807. The van der Waals surface area contributed by atoms with Crippen LogP contribution < -0.4 is 5.73 Å². The molecule has 1 aromatic rings. The zero-order valence-corrected chi connectivity index (χ0v) is 8.90. The van der Waals surface area contributed by atoms with Gasteiger partial charge in [0.1, 0.15) is 0 Å². The van der Waals surface area contributed by atoms with Crippen LogP contribution >= 0.6 is 0 Å². The van der Waals surface area contributed by atoms with Gasteiger partial charge in [0.15, 0.2) is 0 Å². The Hall–Kier alpha value is -0.843. The maximum Gasteiger partial charge on any atom is 0.303 e. The lowest BCUT2D eigenvalue weighted by atomic mass is 10.3. The van der Waals surface area contributed by atoms with Crippen LogP contribution in [0.4, 0.5) is 5.69 Å². The van der Waals surface area contributed by atoms with E-state index in [4.69, 9.17) is 5.73 Å². The van der Waals surface area contributed by atoms with E-state index < -0.39 is 10.0 Å². The summed E-state index contributed by atoms with van der Waals surface area (Å²) in [7, 11) is 2.73. The molecule has 1 aromatic carbocycles. The standard InChI is InChI=1S/C6H7N.C2H8O2Si.CH4/c7-6-4-2-1-3-5-6;1-3-5-4-2;/h1-5H,7H2;5H2,1-2H3;1H4. The van der Waals surface area contributed by atoms with E-state index in [1.54, 1.807) is 14.2 Å².